The Kier molecular flexibility index (Phi) is 13.3. The Morgan fingerprint density at radius 3 is 2.53 bits per heavy atom. The third kappa shape index (κ3) is 10.2. The lowest BCUT2D eigenvalue weighted by Gasteiger charge is -2.30. The van der Waals surface area contributed by atoms with Gasteiger partial charge in [0.05, 0.1) is 11.2 Å². The number of rotatable bonds is 9. The summed E-state index contributed by atoms with van der Waals surface area (Å²) in [5.74, 6) is -1.96. The van der Waals surface area contributed by atoms with E-state index >= 15 is 0 Å². The summed E-state index contributed by atoms with van der Waals surface area (Å²) in [5.41, 5.74) is -0.406. The number of alkyl carbamates (subject to hydrolysis) is 1. The van der Waals surface area contributed by atoms with E-state index in [1.54, 1.807) is 26.8 Å². The largest absolute Gasteiger partial charge is 0.444 e. The Morgan fingerprint density at radius 1 is 1.12 bits per heavy atom. The number of hydrogen-bond acceptors (Lipinski definition) is 9. The molecule has 5 rings (SSSR count). The zero-order valence-electron chi connectivity index (χ0n) is 34.3. The third-order valence-corrected chi connectivity index (χ3v) is 11.9. The molecular weight excluding hydrogens is 755 g/mol. The number of urea groups is 1. The van der Waals surface area contributed by atoms with Crippen molar-refractivity contribution in [3.63, 3.8) is 0 Å². The lowest BCUT2D eigenvalue weighted by Crippen LogP contribution is -2.58. The number of nitrogens with one attached hydrogen (secondary N) is 5. The molecule has 1 aromatic heterocycles. The summed E-state index contributed by atoms with van der Waals surface area (Å²) < 4.78 is 36.1. The van der Waals surface area contributed by atoms with E-state index in [4.69, 9.17) is 9.72 Å². The summed E-state index contributed by atoms with van der Waals surface area (Å²) in [6.07, 6.45) is 6.94. The van der Waals surface area contributed by atoms with Crippen molar-refractivity contribution in [2.45, 2.75) is 122 Å². The Labute approximate surface area is 335 Å². The number of carbonyl (C=O) groups excluding carboxylic acids is 5. The highest BCUT2D eigenvalue weighted by Crippen LogP contribution is 2.46. The normalized spacial score (nSPS) is 25.1. The lowest BCUT2D eigenvalue weighted by molar-refractivity contribution is -0.141. The van der Waals surface area contributed by atoms with E-state index in [-0.39, 0.29) is 37.4 Å². The van der Waals surface area contributed by atoms with Gasteiger partial charge in [-0.25, -0.2) is 19.3 Å². The number of amides is 6. The molecule has 5 atom stereocenters. The number of nitrogens with zero attached hydrogens (tertiary/aromatic N) is 4. The lowest BCUT2D eigenvalue weighted by atomic mass is 10.0. The first-order valence-corrected chi connectivity index (χ1v) is 21.3. The molecule has 1 aromatic carbocycles. The van der Waals surface area contributed by atoms with Crippen molar-refractivity contribution in [2.24, 2.45) is 11.8 Å². The van der Waals surface area contributed by atoms with E-state index in [1.165, 1.54) is 19.0 Å². The zero-order chi connectivity index (χ0) is 41.9. The molecule has 18 heteroatoms. The first-order chi connectivity index (χ1) is 26.8. The first kappa shape index (κ1) is 43.4. The molecular formula is C39H59N9O8S. The van der Waals surface area contributed by atoms with Crippen molar-refractivity contribution in [1.29, 1.82) is 0 Å². The average molecular weight is 814 g/mol. The highest BCUT2D eigenvalue weighted by molar-refractivity contribution is 7.87. The summed E-state index contributed by atoms with van der Waals surface area (Å²) in [5, 5.41) is 11.3. The predicted octanol–water partition coefficient (Wildman–Crippen LogP) is 3.73. The molecule has 6 amide bonds. The second-order valence-electron chi connectivity index (χ2n) is 16.7. The molecule has 2 aliphatic heterocycles. The van der Waals surface area contributed by atoms with Gasteiger partial charge < -0.3 is 35.5 Å². The molecule has 0 bridgehead atoms. The van der Waals surface area contributed by atoms with Crippen LogP contribution in [0.2, 0.25) is 0 Å². The SMILES string of the molecule is CCNC(=O)Nc1cccc2c1nc(C[C@@H]1C[C@H]3C(=O)N[C@]4(C(=O)NS(=O)(=O)N(C)C)C[C@H]4/C=C\CCCCC[C@H](NC(=O)OC(C)(C)C)C(=O)N3C1)n2C(C)C. The van der Waals surface area contributed by atoms with Crippen LogP contribution in [0.25, 0.3) is 11.0 Å². The molecule has 57 heavy (non-hydrogen) atoms. The van der Waals surface area contributed by atoms with Crippen LogP contribution < -0.4 is 26.0 Å². The second kappa shape index (κ2) is 17.4. The number of ether oxygens (including phenoxy) is 1. The molecule has 0 radical (unpaired) electrons. The number of allylic oxidation sites excluding steroid dienone is 1. The molecule has 1 saturated carbocycles. The highest BCUT2D eigenvalue weighted by atomic mass is 32.2. The summed E-state index contributed by atoms with van der Waals surface area (Å²) in [6, 6.07) is 3.12. The van der Waals surface area contributed by atoms with E-state index in [2.05, 4.69) is 30.6 Å². The molecule has 0 unspecified atom stereocenters. The predicted molar refractivity (Wildman–Crippen MR) is 215 cm³/mol. The molecule has 17 nitrogen and oxygen atoms in total. The molecule has 314 valence electrons. The van der Waals surface area contributed by atoms with Crippen LogP contribution in [0.1, 0.15) is 98.4 Å². The number of benzene rings is 1. The van der Waals surface area contributed by atoms with Crippen LogP contribution in [0.15, 0.2) is 30.4 Å². The van der Waals surface area contributed by atoms with Crippen LogP contribution in [-0.4, -0.2) is 107 Å². The van der Waals surface area contributed by atoms with E-state index in [0.29, 0.717) is 49.3 Å². The van der Waals surface area contributed by atoms with E-state index < -0.39 is 63.2 Å². The second-order valence-corrected chi connectivity index (χ2v) is 18.6. The molecule has 2 fully saturated rings. The van der Waals surface area contributed by atoms with Crippen LogP contribution in [0, 0.1) is 11.8 Å². The molecule has 0 spiro atoms. The van der Waals surface area contributed by atoms with Crippen LogP contribution in [0.4, 0.5) is 15.3 Å². The fraction of sp³-hybridized carbons (Fsp3) is 0.641. The average Bonchev–Trinajstić information content (AvgIpc) is 3.42. The maximum atomic E-state index is 14.6. The van der Waals surface area contributed by atoms with Gasteiger partial charge in [-0.3, -0.25) is 14.4 Å². The zero-order valence-corrected chi connectivity index (χ0v) is 35.1. The van der Waals surface area contributed by atoms with Crippen LogP contribution in [0.3, 0.4) is 0 Å². The van der Waals surface area contributed by atoms with Gasteiger partial charge in [0.25, 0.3) is 5.91 Å². The highest BCUT2D eigenvalue weighted by Gasteiger charge is 2.61. The Balaban J connectivity index is 1.51. The number of carbonyl (C=O) groups is 5. The van der Waals surface area contributed by atoms with Crippen molar-refractivity contribution >= 4 is 56.8 Å². The van der Waals surface area contributed by atoms with Crippen LogP contribution in [-0.2, 0) is 35.8 Å². The van der Waals surface area contributed by atoms with Crippen molar-refractivity contribution in [3.8, 4) is 0 Å². The fourth-order valence-corrected chi connectivity index (χ4v) is 8.27. The van der Waals surface area contributed by atoms with Crippen molar-refractivity contribution in [1.82, 2.24) is 39.4 Å². The van der Waals surface area contributed by atoms with Gasteiger partial charge in [0, 0.05) is 45.6 Å². The Morgan fingerprint density at radius 2 is 1.86 bits per heavy atom. The number of para-hydroxylation sites is 1. The van der Waals surface area contributed by atoms with Crippen LogP contribution >= 0.6 is 0 Å². The molecule has 3 heterocycles. The summed E-state index contributed by atoms with van der Waals surface area (Å²) in [4.78, 5) is 74.9. The number of fused-ring (bicyclic) bond motifs is 3. The summed E-state index contributed by atoms with van der Waals surface area (Å²) in [7, 11) is -1.58. The van der Waals surface area contributed by atoms with Gasteiger partial charge in [-0.15, -0.1) is 0 Å². The van der Waals surface area contributed by atoms with Gasteiger partial charge >= 0.3 is 22.3 Å². The number of hydrogen-bond donors (Lipinski definition) is 5. The van der Waals surface area contributed by atoms with E-state index in [1.807, 2.05) is 45.1 Å². The molecule has 3 aliphatic rings. The van der Waals surface area contributed by atoms with E-state index in [0.717, 1.165) is 22.7 Å². The van der Waals surface area contributed by atoms with Gasteiger partial charge in [0.15, 0.2) is 0 Å². The quantitative estimate of drug-likeness (QED) is 0.233. The van der Waals surface area contributed by atoms with Gasteiger partial charge in [-0.2, -0.15) is 12.7 Å². The molecule has 2 aromatic rings. The maximum absolute atomic E-state index is 14.6. The van der Waals surface area contributed by atoms with Gasteiger partial charge in [-0.05, 0) is 91.7 Å². The monoisotopic (exact) mass is 813 g/mol. The smallest absolute Gasteiger partial charge is 0.408 e. The molecule has 5 N–H and O–H groups in total. The van der Waals surface area contributed by atoms with Crippen molar-refractivity contribution < 1.29 is 37.1 Å². The number of imidazole rings is 1. The topological polar surface area (TPSA) is 213 Å². The number of anilines is 1. The minimum Gasteiger partial charge on any atom is -0.444 e. The minimum absolute atomic E-state index is 0.0272. The Hall–Kier alpha value is -4.71. The standard InChI is InChI=1S/C39H59N9O8S/c1-9-40-36(52)41-27-18-15-19-29-32(27)43-31(48(29)24(2)3)21-25-20-30-33(49)44-39(35(51)45-57(54,55)46(7)8)22-26(39)16-13-11-10-12-14-17-28(34(50)47(30)23-25)42-37(53)56-38(4,5)6/h13,15-16,18-19,24-26,28,30H,9-12,14,17,20-23H2,1-8H3,(H,42,53)(H,44,49)(H,45,51)(H2,40,41,52)/b16-13-/t25-,26+,28-,30-,39+/m0/s1. The van der Waals surface area contributed by atoms with E-state index in [9.17, 15) is 32.4 Å². The molecule has 1 aliphatic carbocycles. The summed E-state index contributed by atoms with van der Waals surface area (Å²) in [6.45, 7) is 11.7. The number of aromatic nitrogens is 2. The Bertz CT molecular complexity index is 1990. The van der Waals surface area contributed by atoms with Gasteiger partial charge in [0.2, 0.25) is 11.8 Å². The summed E-state index contributed by atoms with van der Waals surface area (Å²) >= 11 is 0. The third-order valence-electron chi connectivity index (χ3n) is 10.5. The van der Waals surface area contributed by atoms with Crippen molar-refractivity contribution in [2.75, 3.05) is 32.5 Å². The van der Waals surface area contributed by atoms with Crippen LogP contribution in [0.5, 0.6) is 0 Å². The first-order valence-electron chi connectivity index (χ1n) is 19.8. The fourth-order valence-electron chi connectivity index (χ4n) is 7.67. The minimum atomic E-state index is -4.17. The molecule has 1 saturated heterocycles. The van der Waals surface area contributed by atoms with Gasteiger partial charge in [-0.1, -0.05) is 31.1 Å². The van der Waals surface area contributed by atoms with Gasteiger partial charge in [0.1, 0.15) is 34.6 Å². The van der Waals surface area contributed by atoms with Crippen molar-refractivity contribution in [3.05, 3.63) is 36.2 Å². The maximum Gasteiger partial charge on any atom is 0.408 e.